The van der Waals surface area contributed by atoms with Gasteiger partial charge >= 0.3 is 5.97 Å². The third kappa shape index (κ3) is 4.17. The van der Waals surface area contributed by atoms with Crippen molar-refractivity contribution in [1.82, 2.24) is 4.90 Å². The molecule has 1 aromatic rings. The number of fused-ring (bicyclic) bond motifs is 1. The third-order valence-electron chi connectivity index (χ3n) is 4.65. The van der Waals surface area contributed by atoms with Crippen LogP contribution in [0.25, 0.3) is 0 Å². The van der Waals surface area contributed by atoms with Crippen molar-refractivity contribution in [3.05, 3.63) is 29.8 Å². The Morgan fingerprint density at radius 3 is 2.84 bits per heavy atom. The van der Waals surface area contributed by atoms with E-state index in [0.717, 1.165) is 18.4 Å². The zero-order valence-corrected chi connectivity index (χ0v) is 13.9. The molecule has 7 nitrogen and oxygen atoms in total. The van der Waals surface area contributed by atoms with Crippen LogP contribution in [0.1, 0.15) is 37.2 Å². The molecule has 7 heteroatoms. The van der Waals surface area contributed by atoms with E-state index in [1.807, 2.05) is 12.1 Å². The highest BCUT2D eigenvalue weighted by atomic mass is 16.5. The Morgan fingerprint density at radius 2 is 2.12 bits per heavy atom. The molecule has 25 heavy (non-hydrogen) atoms. The lowest BCUT2D eigenvalue weighted by Gasteiger charge is -2.31. The first-order chi connectivity index (χ1) is 12.0. The maximum Gasteiger partial charge on any atom is 0.305 e. The van der Waals surface area contributed by atoms with Gasteiger partial charge in [-0.25, -0.2) is 0 Å². The molecule has 2 aliphatic heterocycles. The predicted octanol–water partition coefficient (Wildman–Crippen LogP) is 1.59. The molecule has 3 rings (SSSR count). The number of nitrogens with zero attached hydrogens (tertiary/aromatic N) is 1. The van der Waals surface area contributed by atoms with E-state index in [0.29, 0.717) is 18.8 Å². The molecular formula is C18H22N2O5. The molecule has 134 valence electrons. The Kier molecular flexibility index (Phi) is 5.33. The van der Waals surface area contributed by atoms with Crippen LogP contribution in [-0.4, -0.2) is 53.6 Å². The molecule has 2 unspecified atom stereocenters. The average Bonchev–Trinajstić information content (AvgIpc) is 3.10. The molecular weight excluding hydrogens is 324 g/mol. The van der Waals surface area contributed by atoms with Gasteiger partial charge < -0.3 is 20.1 Å². The van der Waals surface area contributed by atoms with Gasteiger partial charge in [0.05, 0.1) is 18.4 Å². The molecule has 0 aromatic heterocycles. The number of aliphatic carboxylic acids is 1. The van der Waals surface area contributed by atoms with Crippen LogP contribution in [0.2, 0.25) is 0 Å². The van der Waals surface area contributed by atoms with E-state index in [1.165, 1.54) is 0 Å². The fourth-order valence-corrected chi connectivity index (χ4v) is 3.41. The second-order valence-electron chi connectivity index (χ2n) is 6.46. The summed E-state index contributed by atoms with van der Waals surface area (Å²) in [6.45, 7) is 1.15. The lowest BCUT2D eigenvalue weighted by Crippen LogP contribution is -2.43. The van der Waals surface area contributed by atoms with Crippen molar-refractivity contribution in [3.63, 3.8) is 0 Å². The number of carboxylic acids is 1. The number of nitrogens with one attached hydrogen (secondary N) is 1. The standard InChI is InChI=1S/C18H22N2O5/c21-16-10-14(13-5-1-2-6-15(13)19-16)18(24)20(8-7-17(22)23)11-12-4-3-9-25-12/h1-2,5-6,12,14H,3-4,7-11H2,(H,19,21)(H,22,23). The topological polar surface area (TPSA) is 95.9 Å². The van der Waals surface area contributed by atoms with E-state index in [2.05, 4.69) is 5.32 Å². The van der Waals surface area contributed by atoms with Crippen LogP contribution in [0.3, 0.4) is 0 Å². The monoisotopic (exact) mass is 346 g/mol. The first-order valence-electron chi connectivity index (χ1n) is 8.55. The summed E-state index contributed by atoms with van der Waals surface area (Å²) in [5.74, 6) is -1.95. The molecule has 2 aliphatic rings. The number of carboxylic acid groups (broad SMARTS) is 1. The van der Waals surface area contributed by atoms with Crippen molar-refractivity contribution < 1.29 is 24.2 Å². The predicted molar refractivity (Wildman–Crippen MR) is 90.2 cm³/mol. The smallest absolute Gasteiger partial charge is 0.305 e. The van der Waals surface area contributed by atoms with Crippen LogP contribution in [-0.2, 0) is 19.1 Å². The van der Waals surface area contributed by atoms with Crippen LogP contribution in [0.4, 0.5) is 5.69 Å². The highest BCUT2D eigenvalue weighted by Gasteiger charge is 2.34. The first kappa shape index (κ1) is 17.4. The highest BCUT2D eigenvalue weighted by molar-refractivity contribution is 6.01. The van der Waals surface area contributed by atoms with Gasteiger partial charge in [-0.3, -0.25) is 14.4 Å². The summed E-state index contributed by atoms with van der Waals surface area (Å²) in [6, 6.07) is 7.24. The second kappa shape index (κ2) is 7.65. The van der Waals surface area contributed by atoms with Crippen molar-refractivity contribution in [2.24, 2.45) is 0 Å². The van der Waals surface area contributed by atoms with E-state index >= 15 is 0 Å². The Labute approximate surface area is 146 Å². The van der Waals surface area contributed by atoms with Crippen LogP contribution in [0.15, 0.2) is 24.3 Å². The summed E-state index contributed by atoms with van der Waals surface area (Å²) in [7, 11) is 0. The molecule has 2 N–H and O–H groups in total. The SMILES string of the molecule is O=C(O)CCN(CC1CCCO1)C(=O)C1CC(=O)Nc2ccccc21. The number of carbonyl (C=O) groups is 3. The number of rotatable bonds is 6. The first-order valence-corrected chi connectivity index (χ1v) is 8.55. The summed E-state index contributed by atoms with van der Waals surface area (Å²) < 4.78 is 5.60. The van der Waals surface area contributed by atoms with Gasteiger partial charge in [0.1, 0.15) is 0 Å². The van der Waals surface area contributed by atoms with E-state index in [9.17, 15) is 14.4 Å². The van der Waals surface area contributed by atoms with Crippen molar-refractivity contribution in [1.29, 1.82) is 0 Å². The molecule has 0 radical (unpaired) electrons. The van der Waals surface area contributed by atoms with Gasteiger partial charge in [0.2, 0.25) is 11.8 Å². The summed E-state index contributed by atoms with van der Waals surface area (Å²) in [5.41, 5.74) is 1.42. The van der Waals surface area contributed by atoms with Crippen LogP contribution < -0.4 is 5.32 Å². The van der Waals surface area contributed by atoms with Gasteiger partial charge in [-0.05, 0) is 24.5 Å². The molecule has 0 bridgehead atoms. The summed E-state index contributed by atoms with van der Waals surface area (Å²) in [6.07, 6.45) is 1.69. The number of hydrogen-bond acceptors (Lipinski definition) is 4. The third-order valence-corrected chi connectivity index (χ3v) is 4.65. The maximum atomic E-state index is 13.1. The van der Waals surface area contributed by atoms with Crippen LogP contribution in [0, 0.1) is 0 Å². The normalized spacial score (nSPS) is 22.2. The number of hydrogen-bond donors (Lipinski definition) is 2. The Hall–Kier alpha value is -2.41. The Morgan fingerprint density at radius 1 is 1.32 bits per heavy atom. The molecule has 2 amide bonds. The molecule has 0 spiro atoms. The van der Waals surface area contributed by atoms with Gasteiger partial charge in [0, 0.05) is 31.8 Å². The quantitative estimate of drug-likeness (QED) is 0.815. The number of anilines is 1. The summed E-state index contributed by atoms with van der Waals surface area (Å²) >= 11 is 0. The van der Waals surface area contributed by atoms with Gasteiger partial charge in [-0.15, -0.1) is 0 Å². The number of ether oxygens (including phenoxy) is 1. The number of amides is 2. The highest BCUT2D eigenvalue weighted by Crippen LogP contribution is 2.33. The molecule has 1 saturated heterocycles. The second-order valence-corrected chi connectivity index (χ2v) is 6.46. The lowest BCUT2D eigenvalue weighted by molar-refractivity contribution is -0.140. The van der Waals surface area contributed by atoms with Gasteiger partial charge in [-0.2, -0.15) is 0 Å². The van der Waals surface area contributed by atoms with Gasteiger partial charge in [-0.1, -0.05) is 18.2 Å². The van der Waals surface area contributed by atoms with E-state index in [4.69, 9.17) is 9.84 Å². The fraction of sp³-hybridized carbons (Fsp3) is 0.500. The van der Waals surface area contributed by atoms with Crippen molar-refractivity contribution >= 4 is 23.5 Å². The maximum absolute atomic E-state index is 13.1. The number of benzene rings is 1. The lowest BCUT2D eigenvalue weighted by atomic mass is 9.89. The van der Waals surface area contributed by atoms with Gasteiger partial charge in [0.25, 0.3) is 0 Å². The Balaban J connectivity index is 1.80. The van der Waals surface area contributed by atoms with E-state index in [1.54, 1.807) is 17.0 Å². The zero-order chi connectivity index (χ0) is 17.8. The number of carbonyl (C=O) groups excluding carboxylic acids is 2. The molecule has 0 aliphatic carbocycles. The summed E-state index contributed by atoms with van der Waals surface area (Å²) in [4.78, 5) is 37.6. The van der Waals surface area contributed by atoms with E-state index in [-0.39, 0.29) is 37.3 Å². The van der Waals surface area contributed by atoms with Crippen molar-refractivity contribution in [2.45, 2.75) is 37.7 Å². The average molecular weight is 346 g/mol. The Bertz CT molecular complexity index is 669. The minimum atomic E-state index is -0.952. The minimum Gasteiger partial charge on any atom is -0.481 e. The molecule has 0 saturated carbocycles. The number of para-hydroxylation sites is 1. The molecule has 2 atom stereocenters. The van der Waals surface area contributed by atoms with Crippen molar-refractivity contribution in [3.8, 4) is 0 Å². The summed E-state index contributed by atoms with van der Waals surface area (Å²) in [5, 5.41) is 11.8. The molecule has 1 fully saturated rings. The van der Waals surface area contributed by atoms with Crippen molar-refractivity contribution in [2.75, 3.05) is 25.0 Å². The zero-order valence-electron chi connectivity index (χ0n) is 13.9. The van der Waals surface area contributed by atoms with Crippen LogP contribution in [0.5, 0.6) is 0 Å². The largest absolute Gasteiger partial charge is 0.481 e. The molecule has 2 heterocycles. The fourth-order valence-electron chi connectivity index (χ4n) is 3.41. The molecule has 1 aromatic carbocycles. The van der Waals surface area contributed by atoms with Gasteiger partial charge in [0.15, 0.2) is 0 Å². The minimum absolute atomic E-state index is 0.0644. The van der Waals surface area contributed by atoms with E-state index < -0.39 is 11.9 Å². The van der Waals surface area contributed by atoms with Crippen LogP contribution >= 0.6 is 0 Å².